The summed E-state index contributed by atoms with van der Waals surface area (Å²) in [5, 5.41) is 4.05. The number of amides is 1. The summed E-state index contributed by atoms with van der Waals surface area (Å²) in [5.41, 5.74) is 1.25. The number of carbonyl (C=O) groups is 1. The Kier molecular flexibility index (Phi) is 4.58. The van der Waals surface area contributed by atoms with Crippen molar-refractivity contribution < 1.29 is 18.4 Å². The van der Waals surface area contributed by atoms with Crippen molar-refractivity contribution in [3.05, 3.63) is 65.8 Å². The molecule has 7 heteroatoms. The summed E-state index contributed by atoms with van der Waals surface area (Å²) in [4.78, 5) is 19.0. The number of likely N-dealkylation sites (tertiary alicyclic amines) is 1. The van der Waals surface area contributed by atoms with Crippen LogP contribution in [0.4, 0.5) is 4.39 Å². The van der Waals surface area contributed by atoms with E-state index in [0.717, 1.165) is 24.2 Å². The molecule has 2 aromatic carbocycles. The van der Waals surface area contributed by atoms with Crippen LogP contribution in [0, 0.1) is 5.82 Å². The van der Waals surface area contributed by atoms with Gasteiger partial charge in [-0.2, -0.15) is 4.98 Å². The topological polar surface area (TPSA) is 68.5 Å². The highest BCUT2D eigenvalue weighted by molar-refractivity contribution is 5.94. The SMILES string of the molecule is COc1ccc(-c2noc([C@@H]3CCCN3C(=O)c3ccc(F)cc3)n2)cc1. The molecule has 0 bridgehead atoms. The minimum absolute atomic E-state index is 0.165. The standard InChI is InChI=1S/C20H18FN3O3/c1-26-16-10-6-13(7-11-16)18-22-19(27-23-18)17-3-2-12-24(17)20(25)14-4-8-15(21)9-5-14/h4-11,17H,2-3,12H2,1H3/t17-/m0/s1. The Morgan fingerprint density at radius 3 is 2.63 bits per heavy atom. The number of ether oxygens (including phenoxy) is 1. The van der Waals surface area contributed by atoms with Crippen LogP contribution in [0.25, 0.3) is 11.4 Å². The van der Waals surface area contributed by atoms with Crippen LogP contribution in [0.3, 0.4) is 0 Å². The van der Waals surface area contributed by atoms with Gasteiger partial charge in [-0.05, 0) is 61.4 Å². The molecule has 2 heterocycles. The van der Waals surface area contributed by atoms with E-state index in [1.165, 1.54) is 24.3 Å². The maximum absolute atomic E-state index is 13.1. The average molecular weight is 367 g/mol. The molecule has 0 saturated carbocycles. The van der Waals surface area contributed by atoms with Crippen LogP contribution in [0.15, 0.2) is 53.1 Å². The molecule has 0 unspecified atom stereocenters. The number of aromatic nitrogens is 2. The lowest BCUT2D eigenvalue weighted by atomic mass is 10.1. The van der Waals surface area contributed by atoms with E-state index in [9.17, 15) is 9.18 Å². The molecule has 138 valence electrons. The lowest BCUT2D eigenvalue weighted by Crippen LogP contribution is -2.30. The van der Waals surface area contributed by atoms with Crippen LogP contribution >= 0.6 is 0 Å². The van der Waals surface area contributed by atoms with Crippen molar-refractivity contribution >= 4 is 5.91 Å². The van der Waals surface area contributed by atoms with Gasteiger partial charge in [-0.1, -0.05) is 5.16 Å². The zero-order valence-electron chi connectivity index (χ0n) is 14.8. The van der Waals surface area contributed by atoms with Gasteiger partial charge in [-0.25, -0.2) is 4.39 Å². The monoisotopic (exact) mass is 367 g/mol. The summed E-state index contributed by atoms with van der Waals surface area (Å²) in [5.74, 6) is 1.09. The zero-order chi connectivity index (χ0) is 18.8. The molecule has 1 aliphatic rings. The predicted octanol–water partition coefficient (Wildman–Crippen LogP) is 3.86. The van der Waals surface area contributed by atoms with Gasteiger partial charge in [0.05, 0.1) is 7.11 Å². The first-order valence-electron chi connectivity index (χ1n) is 8.70. The van der Waals surface area contributed by atoms with E-state index in [0.29, 0.717) is 23.8 Å². The largest absolute Gasteiger partial charge is 0.497 e. The van der Waals surface area contributed by atoms with Crippen molar-refractivity contribution in [2.24, 2.45) is 0 Å². The van der Waals surface area contributed by atoms with Crippen molar-refractivity contribution in [2.45, 2.75) is 18.9 Å². The summed E-state index contributed by atoms with van der Waals surface area (Å²) in [6.45, 7) is 0.598. The van der Waals surface area contributed by atoms with Gasteiger partial charge in [0.25, 0.3) is 5.91 Å². The predicted molar refractivity (Wildman–Crippen MR) is 95.7 cm³/mol. The summed E-state index contributed by atoms with van der Waals surface area (Å²) in [7, 11) is 1.61. The van der Waals surface area contributed by atoms with Gasteiger partial charge in [0, 0.05) is 17.7 Å². The van der Waals surface area contributed by atoms with E-state index >= 15 is 0 Å². The second-order valence-electron chi connectivity index (χ2n) is 6.35. The van der Waals surface area contributed by atoms with Crippen molar-refractivity contribution in [1.29, 1.82) is 0 Å². The molecule has 1 fully saturated rings. The van der Waals surface area contributed by atoms with Crippen LogP contribution in [-0.4, -0.2) is 34.6 Å². The second kappa shape index (κ2) is 7.19. The number of hydrogen-bond donors (Lipinski definition) is 0. The lowest BCUT2D eigenvalue weighted by molar-refractivity contribution is 0.0710. The molecule has 0 N–H and O–H groups in total. The van der Waals surface area contributed by atoms with Crippen LogP contribution in [-0.2, 0) is 0 Å². The summed E-state index contributed by atoms with van der Waals surface area (Å²) in [6, 6.07) is 12.6. The summed E-state index contributed by atoms with van der Waals surface area (Å²) in [6.07, 6.45) is 1.59. The molecule has 3 aromatic rings. The molecule has 1 aromatic heterocycles. The molecule has 1 atom stereocenters. The summed E-state index contributed by atoms with van der Waals surface area (Å²) < 4.78 is 23.7. The zero-order valence-corrected chi connectivity index (χ0v) is 14.8. The molecule has 1 saturated heterocycles. The first kappa shape index (κ1) is 17.2. The van der Waals surface area contributed by atoms with Gasteiger partial charge in [-0.3, -0.25) is 4.79 Å². The van der Waals surface area contributed by atoms with Gasteiger partial charge in [0.2, 0.25) is 11.7 Å². The number of halogens is 1. The Labute approximate surface area is 155 Å². The van der Waals surface area contributed by atoms with Gasteiger partial charge in [0.1, 0.15) is 17.6 Å². The maximum atomic E-state index is 13.1. The molecular formula is C20H18FN3O3. The fraction of sp³-hybridized carbons (Fsp3) is 0.250. The van der Waals surface area contributed by atoms with Crippen molar-refractivity contribution in [3.8, 4) is 17.1 Å². The Morgan fingerprint density at radius 2 is 1.93 bits per heavy atom. The second-order valence-corrected chi connectivity index (χ2v) is 6.35. The third kappa shape index (κ3) is 3.40. The fourth-order valence-electron chi connectivity index (χ4n) is 3.25. The minimum Gasteiger partial charge on any atom is -0.497 e. The molecule has 27 heavy (non-hydrogen) atoms. The first-order chi connectivity index (χ1) is 13.2. The van der Waals surface area contributed by atoms with Crippen molar-refractivity contribution in [2.75, 3.05) is 13.7 Å². The van der Waals surface area contributed by atoms with E-state index < -0.39 is 0 Å². The van der Waals surface area contributed by atoms with Crippen LogP contribution < -0.4 is 4.74 Å². The Hall–Kier alpha value is -3.22. The quantitative estimate of drug-likeness (QED) is 0.700. The van der Waals surface area contributed by atoms with Crippen LogP contribution in [0.1, 0.15) is 35.1 Å². The molecule has 6 nitrogen and oxygen atoms in total. The Morgan fingerprint density at radius 1 is 1.19 bits per heavy atom. The minimum atomic E-state index is -0.370. The number of rotatable bonds is 4. The van der Waals surface area contributed by atoms with E-state index in [-0.39, 0.29) is 17.8 Å². The molecule has 1 aliphatic heterocycles. The Balaban J connectivity index is 1.56. The maximum Gasteiger partial charge on any atom is 0.254 e. The number of hydrogen-bond acceptors (Lipinski definition) is 5. The normalized spacial score (nSPS) is 16.5. The van der Waals surface area contributed by atoms with Gasteiger partial charge < -0.3 is 14.2 Å². The molecular weight excluding hydrogens is 349 g/mol. The number of methoxy groups -OCH3 is 1. The smallest absolute Gasteiger partial charge is 0.254 e. The van der Waals surface area contributed by atoms with Crippen molar-refractivity contribution in [1.82, 2.24) is 15.0 Å². The highest BCUT2D eigenvalue weighted by Gasteiger charge is 2.34. The highest BCUT2D eigenvalue weighted by Crippen LogP contribution is 2.33. The Bertz CT molecular complexity index is 938. The third-order valence-electron chi connectivity index (χ3n) is 4.68. The van der Waals surface area contributed by atoms with E-state index in [4.69, 9.17) is 9.26 Å². The first-order valence-corrected chi connectivity index (χ1v) is 8.70. The summed E-state index contributed by atoms with van der Waals surface area (Å²) >= 11 is 0. The average Bonchev–Trinajstić information content (AvgIpc) is 3.37. The van der Waals surface area contributed by atoms with Crippen LogP contribution in [0.2, 0.25) is 0 Å². The van der Waals surface area contributed by atoms with E-state index in [1.54, 1.807) is 12.0 Å². The molecule has 0 radical (unpaired) electrons. The highest BCUT2D eigenvalue weighted by atomic mass is 19.1. The molecule has 4 rings (SSSR count). The lowest BCUT2D eigenvalue weighted by Gasteiger charge is -2.21. The molecule has 0 spiro atoms. The van der Waals surface area contributed by atoms with Crippen molar-refractivity contribution in [3.63, 3.8) is 0 Å². The van der Waals surface area contributed by atoms with Gasteiger partial charge in [0.15, 0.2) is 0 Å². The van der Waals surface area contributed by atoms with Gasteiger partial charge >= 0.3 is 0 Å². The van der Waals surface area contributed by atoms with Crippen LogP contribution in [0.5, 0.6) is 5.75 Å². The van der Waals surface area contributed by atoms with E-state index in [2.05, 4.69) is 10.1 Å². The molecule has 1 amide bonds. The molecule has 0 aliphatic carbocycles. The van der Waals surface area contributed by atoms with Gasteiger partial charge in [-0.15, -0.1) is 0 Å². The number of nitrogens with zero attached hydrogens (tertiary/aromatic N) is 3. The number of carbonyl (C=O) groups excluding carboxylic acids is 1. The third-order valence-corrected chi connectivity index (χ3v) is 4.68. The fourth-order valence-corrected chi connectivity index (χ4v) is 3.25. The van der Waals surface area contributed by atoms with E-state index in [1.807, 2.05) is 24.3 Å². The number of benzene rings is 2.